The van der Waals surface area contributed by atoms with Gasteiger partial charge in [0, 0.05) is 19.3 Å². The Bertz CT molecular complexity index is 749. The largest absolute Gasteiger partial charge is 0.337 e. The molecule has 1 amide bonds. The van der Waals surface area contributed by atoms with Gasteiger partial charge in [-0.25, -0.2) is 13.8 Å². The van der Waals surface area contributed by atoms with Gasteiger partial charge in [0.25, 0.3) is 5.91 Å². The van der Waals surface area contributed by atoms with Crippen molar-refractivity contribution < 1.29 is 13.6 Å². The number of carbonyl (C=O) groups is 1. The lowest BCUT2D eigenvalue weighted by Gasteiger charge is -2.32. The minimum Gasteiger partial charge on any atom is -0.337 e. The fourth-order valence-electron chi connectivity index (χ4n) is 3.22. The van der Waals surface area contributed by atoms with Crippen LogP contribution < -0.4 is 0 Å². The maximum absolute atomic E-state index is 13.3. The van der Waals surface area contributed by atoms with Gasteiger partial charge in [-0.2, -0.15) is 0 Å². The molecule has 1 aliphatic heterocycles. The van der Waals surface area contributed by atoms with Crippen LogP contribution in [0.15, 0.2) is 30.6 Å². The minimum atomic E-state index is -0.822. The molecule has 2 heterocycles. The lowest BCUT2D eigenvalue weighted by Crippen LogP contribution is -2.40. The zero-order valence-electron chi connectivity index (χ0n) is 14.2. The van der Waals surface area contributed by atoms with Gasteiger partial charge in [0.05, 0.1) is 11.9 Å². The van der Waals surface area contributed by atoms with Crippen molar-refractivity contribution in [3.8, 4) is 0 Å². The van der Waals surface area contributed by atoms with Crippen molar-refractivity contribution in [1.29, 1.82) is 0 Å². The third-order valence-corrected chi connectivity index (χ3v) is 4.63. The number of halogens is 2. The summed E-state index contributed by atoms with van der Waals surface area (Å²) in [5.74, 6) is -1.37. The second-order valence-corrected chi connectivity index (χ2v) is 6.59. The average Bonchev–Trinajstić information content (AvgIpc) is 2.63. The number of aryl methyl sites for hydroxylation is 2. The molecule has 1 fully saturated rings. The summed E-state index contributed by atoms with van der Waals surface area (Å²) in [4.78, 5) is 22.7. The van der Waals surface area contributed by atoms with E-state index in [0.29, 0.717) is 24.6 Å². The first-order valence-corrected chi connectivity index (χ1v) is 8.55. The molecule has 1 aliphatic rings. The molecule has 1 atom stereocenters. The Morgan fingerprint density at radius 2 is 2.08 bits per heavy atom. The van der Waals surface area contributed by atoms with E-state index in [2.05, 4.69) is 9.97 Å². The monoisotopic (exact) mass is 345 g/mol. The highest BCUT2D eigenvalue weighted by Gasteiger charge is 2.25. The van der Waals surface area contributed by atoms with Crippen molar-refractivity contribution in [1.82, 2.24) is 14.9 Å². The Labute approximate surface area is 145 Å². The number of benzene rings is 1. The molecular weight excluding hydrogens is 324 g/mol. The molecule has 0 aliphatic carbocycles. The van der Waals surface area contributed by atoms with Crippen molar-refractivity contribution in [2.45, 2.75) is 32.6 Å². The van der Waals surface area contributed by atoms with Crippen LogP contribution in [0.4, 0.5) is 8.78 Å². The van der Waals surface area contributed by atoms with Crippen LogP contribution in [0.3, 0.4) is 0 Å². The van der Waals surface area contributed by atoms with Crippen molar-refractivity contribution in [2.75, 3.05) is 13.1 Å². The van der Waals surface area contributed by atoms with E-state index in [1.54, 1.807) is 12.3 Å². The normalized spacial score (nSPS) is 17.6. The Hall–Kier alpha value is -2.37. The summed E-state index contributed by atoms with van der Waals surface area (Å²) in [5, 5.41) is 0. The van der Waals surface area contributed by atoms with Crippen molar-refractivity contribution in [2.24, 2.45) is 5.92 Å². The molecule has 1 saturated heterocycles. The molecule has 2 aromatic rings. The smallest absolute Gasteiger partial charge is 0.274 e. The Morgan fingerprint density at radius 1 is 1.24 bits per heavy atom. The van der Waals surface area contributed by atoms with Crippen molar-refractivity contribution in [3.63, 3.8) is 0 Å². The molecule has 0 bridgehead atoms. The van der Waals surface area contributed by atoms with E-state index in [0.717, 1.165) is 43.1 Å². The van der Waals surface area contributed by atoms with Gasteiger partial charge in [-0.1, -0.05) is 6.07 Å². The molecule has 6 heteroatoms. The lowest BCUT2D eigenvalue weighted by molar-refractivity contribution is 0.0662. The highest BCUT2D eigenvalue weighted by molar-refractivity contribution is 5.92. The molecule has 132 valence electrons. The Kier molecular flexibility index (Phi) is 5.36. The molecule has 1 aromatic heterocycles. The van der Waals surface area contributed by atoms with Gasteiger partial charge in [-0.3, -0.25) is 9.78 Å². The molecule has 0 radical (unpaired) electrons. The van der Waals surface area contributed by atoms with E-state index in [1.807, 2.05) is 11.8 Å². The van der Waals surface area contributed by atoms with Crippen LogP contribution in [0.1, 0.15) is 41.0 Å². The van der Waals surface area contributed by atoms with E-state index in [4.69, 9.17) is 0 Å². The summed E-state index contributed by atoms with van der Waals surface area (Å²) in [6.07, 6.45) is 6.60. The predicted molar refractivity (Wildman–Crippen MR) is 90.1 cm³/mol. The van der Waals surface area contributed by atoms with Crippen LogP contribution in [0.2, 0.25) is 0 Å². The molecule has 4 nitrogen and oxygen atoms in total. The summed E-state index contributed by atoms with van der Waals surface area (Å²) >= 11 is 0. The maximum Gasteiger partial charge on any atom is 0.274 e. The number of rotatable bonds is 4. The first kappa shape index (κ1) is 17.5. The van der Waals surface area contributed by atoms with Crippen molar-refractivity contribution >= 4 is 5.91 Å². The number of aromatic nitrogens is 2. The topological polar surface area (TPSA) is 46.1 Å². The first-order valence-electron chi connectivity index (χ1n) is 8.55. The lowest BCUT2D eigenvalue weighted by atomic mass is 9.91. The SMILES string of the molecule is Cc1cnc(C(=O)N2CCCC(CCc3ccc(F)c(F)c3)C2)cn1. The van der Waals surface area contributed by atoms with Gasteiger partial charge < -0.3 is 4.90 Å². The van der Waals surface area contributed by atoms with Crippen LogP contribution >= 0.6 is 0 Å². The van der Waals surface area contributed by atoms with Crippen LogP contribution in [-0.4, -0.2) is 33.9 Å². The second kappa shape index (κ2) is 7.68. The van der Waals surface area contributed by atoms with E-state index < -0.39 is 11.6 Å². The quantitative estimate of drug-likeness (QED) is 0.851. The zero-order valence-corrected chi connectivity index (χ0v) is 14.2. The maximum atomic E-state index is 13.3. The highest BCUT2D eigenvalue weighted by atomic mass is 19.2. The second-order valence-electron chi connectivity index (χ2n) is 6.59. The van der Waals surface area contributed by atoms with Crippen LogP contribution in [0.25, 0.3) is 0 Å². The third-order valence-electron chi connectivity index (χ3n) is 4.63. The van der Waals surface area contributed by atoms with Gasteiger partial charge in [-0.05, 0) is 56.2 Å². The number of piperidine rings is 1. The molecule has 0 spiro atoms. The zero-order chi connectivity index (χ0) is 17.8. The molecule has 0 N–H and O–H groups in total. The summed E-state index contributed by atoms with van der Waals surface area (Å²) in [6.45, 7) is 3.21. The summed E-state index contributed by atoms with van der Waals surface area (Å²) in [5.41, 5.74) is 1.93. The van der Waals surface area contributed by atoms with Gasteiger partial charge in [0.1, 0.15) is 5.69 Å². The third kappa shape index (κ3) is 4.38. The summed E-state index contributed by atoms with van der Waals surface area (Å²) in [6, 6.07) is 4.03. The summed E-state index contributed by atoms with van der Waals surface area (Å²) < 4.78 is 26.3. The van der Waals surface area contributed by atoms with E-state index >= 15 is 0 Å². The van der Waals surface area contributed by atoms with Crippen LogP contribution in [0, 0.1) is 24.5 Å². The fraction of sp³-hybridized carbons (Fsp3) is 0.421. The van der Waals surface area contributed by atoms with E-state index in [-0.39, 0.29) is 5.91 Å². The number of hydrogen-bond acceptors (Lipinski definition) is 3. The van der Waals surface area contributed by atoms with Gasteiger partial charge in [-0.15, -0.1) is 0 Å². The molecule has 0 saturated carbocycles. The molecule has 1 unspecified atom stereocenters. The average molecular weight is 345 g/mol. The number of hydrogen-bond donors (Lipinski definition) is 0. The van der Waals surface area contributed by atoms with Gasteiger partial charge in [0.15, 0.2) is 11.6 Å². The van der Waals surface area contributed by atoms with E-state index in [9.17, 15) is 13.6 Å². The minimum absolute atomic E-state index is 0.0926. The molecule has 1 aromatic carbocycles. The standard InChI is InChI=1S/C19H21F2N3O/c1-13-10-23-18(11-22-13)19(25)24-8-2-3-15(12-24)5-4-14-6-7-16(20)17(21)9-14/h6-7,9-11,15H,2-5,8,12H2,1H3. The van der Waals surface area contributed by atoms with E-state index in [1.165, 1.54) is 12.3 Å². The number of carbonyl (C=O) groups excluding carboxylic acids is 1. The molecular formula is C19H21F2N3O. The molecule has 25 heavy (non-hydrogen) atoms. The summed E-state index contributed by atoms with van der Waals surface area (Å²) in [7, 11) is 0. The van der Waals surface area contributed by atoms with Crippen LogP contribution in [0.5, 0.6) is 0 Å². The number of amides is 1. The predicted octanol–water partition coefficient (Wildman–Crippen LogP) is 3.55. The fourth-order valence-corrected chi connectivity index (χ4v) is 3.22. The highest BCUT2D eigenvalue weighted by Crippen LogP contribution is 2.23. The Balaban J connectivity index is 1.58. The molecule has 3 rings (SSSR count). The van der Waals surface area contributed by atoms with Gasteiger partial charge >= 0.3 is 0 Å². The van der Waals surface area contributed by atoms with Crippen molar-refractivity contribution in [3.05, 3.63) is 59.2 Å². The van der Waals surface area contributed by atoms with Crippen LogP contribution in [-0.2, 0) is 6.42 Å². The first-order chi connectivity index (χ1) is 12.0. The Morgan fingerprint density at radius 3 is 2.80 bits per heavy atom. The number of nitrogens with zero attached hydrogens (tertiary/aromatic N) is 3. The number of likely N-dealkylation sites (tertiary alicyclic amines) is 1. The van der Waals surface area contributed by atoms with Gasteiger partial charge in [0.2, 0.25) is 0 Å².